The summed E-state index contributed by atoms with van der Waals surface area (Å²) in [5.74, 6) is 1.27. The van der Waals surface area contributed by atoms with Crippen molar-refractivity contribution in [1.29, 1.82) is 0 Å². The molecular formula is C19H28N2O4. The number of carbonyl (C=O) groups is 1. The molecule has 0 radical (unpaired) electrons. The Labute approximate surface area is 149 Å². The second kappa shape index (κ2) is 8.65. The highest BCUT2D eigenvalue weighted by Crippen LogP contribution is 2.25. The number of ether oxygens (including phenoxy) is 3. The Kier molecular flexibility index (Phi) is 6.29. The standard InChI is InChI=1S/C19H28N2O4/c1-15-13-21(14-18(15)20-6-8-24-9-7-20)19(22)16-4-3-5-17(12-16)25-11-10-23-2/h3-5,12,15,18H,6-11,13-14H2,1-2H3/t15-,18-/m0/s1. The highest BCUT2D eigenvalue weighted by Gasteiger charge is 2.36. The van der Waals surface area contributed by atoms with Gasteiger partial charge in [0.15, 0.2) is 0 Å². The van der Waals surface area contributed by atoms with Crippen molar-refractivity contribution in [3.05, 3.63) is 29.8 Å². The van der Waals surface area contributed by atoms with Crippen LogP contribution in [0.3, 0.4) is 0 Å². The first-order valence-electron chi connectivity index (χ1n) is 9.02. The van der Waals surface area contributed by atoms with Gasteiger partial charge < -0.3 is 19.1 Å². The average molecular weight is 348 g/mol. The van der Waals surface area contributed by atoms with E-state index >= 15 is 0 Å². The maximum atomic E-state index is 12.9. The zero-order chi connectivity index (χ0) is 17.6. The van der Waals surface area contributed by atoms with Crippen molar-refractivity contribution in [2.24, 2.45) is 5.92 Å². The van der Waals surface area contributed by atoms with Gasteiger partial charge in [0.1, 0.15) is 12.4 Å². The van der Waals surface area contributed by atoms with Gasteiger partial charge in [0, 0.05) is 44.9 Å². The summed E-state index contributed by atoms with van der Waals surface area (Å²) in [6.45, 7) is 8.33. The van der Waals surface area contributed by atoms with Gasteiger partial charge in [-0.05, 0) is 24.1 Å². The van der Waals surface area contributed by atoms with Gasteiger partial charge >= 0.3 is 0 Å². The number of hydrogen-bond acceptors (Lipinski definition) is 5. The van der Waals surface area contributed by atoms with Crippen molar-refractivity contribution in [3.8, 4) is 5.75 Å². The Morgan fingerprint density at radius 2 is 2.04 bits per heavy atom. The third-order valence-corrected chi connectivity index (χ3v) is 5.01. The molecule has 2 aliphatic rings. The Hall–Kier alpha value is -1.63. The molecule has 0 saturated carbocycles. The fourth-order valence-corrected chi connectivity index (χ4v) is 3.64. The molecule has 0 aliphatic carbocycles. The first-order valence-corrected chi connectivity index (χ1v) is 9.02. The van der Waals surface area contributed by atoms with E-state index in [9.17, 15) is 4.79 Å². The Morgan fingerprint density at radius 3 is 2.80 bits per heavy atom. The van der Waals surface area contributed by atoms with Crippen molar-refractivity contribution in [2.45, 2.75) is 13.0 Å². The molecule has 0 aromatic heterocycles. The maximum absolute atomic E-state index is 12.9. The molecule has 2 atom stereocenters. The largest absolute Gasteiger partial charge is 0.491 e. The SMILES string of the molecule is COCCOc1cccc(C(=O)N2C[C@H](C)[C@@H](N3CCOCC3)C2)c1. The zero-order valence-corrected chi connectivity index (χ0v) is 15.1. The number of hydrogen-bond donors (Lipinski definition) is 0. The van der Waals surface area contributed by atoms with E-state index in [-0.39, 0.29) is 5.91 Å². The summed E-state index contributed by atoms with van der Waals surface area (Å²) in [5, 5.41) is 0. The molecule has 1 aromatic carbocycles. The van der Waals surface area contributed by atoms with Crippen LogP contribution in [0.2, 0.25) is 0 Å². The molecule has 3 rings (SSSR count). The van der Waals surface area contributed by atoms with Gasteiger partial charge in [-0.1, -0.05) is 13.0 Å². The lowest BCUT2D eigenvalue weighted by Gasteiger charge is -2.34. The Morgan fingerprint density at radius 1 is 1.24 bits per heavy atom. The molecule has 2 fully saturated rings. The molecule has 0 N–H and O–H groups in total. The average Bonchev–Trinajstić information content (AvgIpc) is 3.04. The van der Waals surface area contributed by atoms with Crippen LogP contribution in [-0.2, 0) is 9.47 Å². The molecule has 6 nitrogen and oxygen atoms in total. The third kappa shape index (κ3) is 4.51. The van der Waals surface area contributed by atoms with Crippen LogP contribution < -0.4 is 4.74 Å². The minimum absolute atomic E-state index is 0.0831. The summed E-state index contributed by atoms with van der Waals surface area (Å²) in [7, 11) is 1.64. The smallest absolute Gasteiger partial charge is 0.254 e. The van der Waals surface area contributed by atoms with Gasteiger partial charge in [0.2, 0.25) is 0 Å². The number of nitrogens with zero attached hydrogens (tertiary/aromatic N) is 2. The van der Waals surface area contributed by atoms with E-state index in [0.29, 0.717) is 36.5 Å². The van der Waals surface area contributed by atoms with E-state index in [1.165, 1.54) is 0 Å². The molecular weight excluding hydrogens is 320 g/mol. The summed E-state index contributed by atoms with van der Waals surface area (Å²) in [5.41, 5.74) is 0.685. The summed E-state index contributed by atoms with van der Waals surface area (Å²) in [4.78, 5) is 17.3. The number of rotatable bonds is 6. The molecule has 2 saturated heterocycles. The number of methoxy groups -OCH3 is 1. The predicted molar refractivity (Wildman–Crippen MR) is 95.1 cm³/mol. The fourth-order valence-electron chi connectivity index (χ4n) is 3.64. The van der Waals surface area contributed by atoms with Crippen molar-refractivity contribution >= 4 is 5.91 Å². The van der Waals surface area contributed by atoms with E-state index in [1.54, 1.807) is 7.11 Å². The normalized spacial score (nSPS) is 24.5. The van der Waals surface area contributed by atoms with Crippen LogP contribution in [-0.4, -0.2) is 81.5 Å². The number of likely N-dealkylation sites (tertiary alicyclic amines) is 1. The minimum Gasteiger partial charge on any atom is -0.491 e. The van der Waals surface area contributed by atoms with Gasteiger partial charge in [0.05, 0.1) is 19.8 Å². The minimum atomic E-state index is 0.0831. The van der Waals surface area contributed by atoms with E-state index in [1.807, 2.05) is 29.2 Å². The summed E-state index contributed by atoms with van der Waals surface area (Å²) < 4.78 is 16.1. The molecule has 0 spiro atoms. The second-order valence-electron chi connectivity index (χ2n) is 6.77. The molecule has 1 amide bonds. The van der Waals surface area contributed by atoms with Crippen molar-refractivity contribution in [2.75, 3.05) is 59.7 Å². The number of amides is 1. The highest BCUT2D eigenvalue weighted by atomic mass is 16.5. The topological polar surface area (TPSA) is 51.2 Å². The van der Waals surface area contributed by atoms with Crippen LogP contribution >= 0.6 is 0 Å². The number of morpholine rings is 1. The molecule has 0 bridgehead atoms. The van der Waals surface area contributed by atoms with E-state index < -0.39 is 0 Å². The van der Waals surface area contributed by atoms with Crippen LogP contribution in [0.15, 0.2) is 24.3 Å². The lowest BCUT2D eigenvalue weighted by molar-refractivity contribution is 0.0119. The summed E-state index contributed by atoms with van der Waals surface area (Å²) in [6, 6.07) is 7.85. The van der Waals surface area contributed by atoms with Crippen LogP contribution in [0.25, 0.3) is 0 Å². The van der Waals surface area contributed by atoms with E-state index in [0.717, 1.165) is 39.4 Å². The van der Waals surface area contributed by atoms with Gasteiger partial charge in [-0.3, -0.25) is 9.69 Å². The lowest BCUT2D eigenvalue weighted by Crippen LogP contribution is -2.47. The third-order valence-electron chi connectivity index (χ3n) is 5.01. The molecule has 138 valence electrons. The molecule has 2 heterocycles. The number of benzene rings is 1. The van der Waals surface area contributed by atoms with Gasteiger partial charge in [0.25, 0.3) is 5.91 Å². The first-order chi connectivity index (χ1) is 12.2. The fraction of sp³-hybridized carbons (Fsp3) is 0.632. The van der Waals surface area contributed by atoms with Gasteiger partial charge in [-0.25, -0.2) is 0 Å². The maximum Gasteiger partial charge on any atom is 0.254 e. The van der Waals surface area contributed by atoms with Gasteiger partial charge in [-0.15, -0.1) is 0 Å². The molecule has 1 aromatic rings. The quantitative estimate of drug-likeness (QED) is 0.730. The number of carbonyl (C=O) groups excluding carboxylic acids is 1. The Balaban J connectivity index is 1.62. The summed E-state index contributed by atoms with van der Waals surface area (Å²) in [6.07, 6.45) is 0. The molecule has 0 unspecified atom stereocenters. The predicted octanol–water partition coefficient (Wildman–Crippen LogP) is 1.50. The van der Waals surface area contributed by atoms with Crippen molar-refractivity contribution in [3.63, 3.8) is 0 Å². The van der Waals surface area contributed by atoms with Gasteiger partial charge in [-0.2, -0.15) is 0 Å². The van der Waals surface area contributed by atoms with E-state index in [2.05, 4.69) is 11.8 Å². The Bertz CT molecular complexity index is 574. The molecule has 6 heteroatoms. The second-order valence-corrected chi connectivity index (χ2v) is 6.77. The van der Waals surface area contributed by atoms with Crippen LogP contribution in [0.5, 0.6) is 5.75 Å². The highest BCUT2D eigenvalue weighted by molar-refractivity contribution is 5.94. The zero-order valence-electron chi connectivity index (χ0n) is 15.1. The van der Waals surface area contributed by atoms with Crippen molar-refractivity contribution in [1.82, 2.24) is 9.80 Å². The van der Waals surface area contributed by atoms with Crippen LogP contribution in [0.4, 0.5) is 0 Å². The summed E-state index contributed by atoms with van der Waals surface area (Å²) >= 11 is 0. The molecule has 25 heavy (non-hydrogen) atoms. The first kappa shape index (κ1) is 18.2. The van der Waals surface area contributed by atoms with E-state index in [4.69, 9.17) is 14.2 Å². The van der Waals surface area contributed by atoms with Crippen LogP contribution in [0, 0.1) is 5.92 Å². The van der Waals surface area contributed by atoms with Crippen molar-refractivity contribution < 1.29 is 19.0 Å². The molecule has 2 aliphatic heterocycles. The van der Waals surface area contributed by atoms with Crippen LogP contribution in [0.1, 0.15) is 17.3 Å². The monoisotopic (exact) mass is 348 g/mol. The lowest BCUT2D eigenvalue weighted by atomic mass is 10.0.